The highest BCUT2D eigenvalue weighted by atomic mass is 32.2. The van der Waals surface area contributed by atoms with Crippen LogP contribution in [-0.2, 0) is 27.8 Å². The summed E-state index contributed by atoms with van der Waals surface area (Å²) in [5.41, 5.74) is 1.95. The summed E-state index contributed by atoms with van der Waals surface area (Å²) in [5, 5.41) is 0. The fourth-order valence-electron chi connectivity index (χ4n) is 4.13. The molecule has 2 aliphatic rings. The molecule has 4 rings (SSSR count). The first-order chi connectivity index (χ1) is 15.5. The van der Waals surface area contributed by atoms with Crippen LogP contribution < -0.4 is 9.47 Å². The van der Waals surface area contributed by atoms with E-state index in [-0.39, 0.29) is 12.7 Å². The van der Waals surface area contributed by atoms with Gasteiger partial charge in [-0.05, 0) is 61.6 Å². The van der Waals surface area contributed by atoms with Crippen LogP contribution in [0.15, 0.2) is 47.4 Å². The summed E-state index contributed by atoms with van der Waals surface area (Å²) in [4.78, 5) is 14.9. The second-order valence-electron chi connectivity index (χ2n) is 8.20. The highest BCUT2D eigenvalue weighted by Gasteiger charge is 2.25. The van der Waals surface area contributed by atoms with E-state index < -0.39 is 10.0 Å². The predicted octanol–water partition coefficient (Wildman–Crippen LogP) is 3.57. The van der Waals surface area contributed by atoms with Crippen molar-refractivity contribution in [2.45, 2.75) is 50.5 Å². The van der Waals surface area contributed by atoms with Crippen molar-refractivity contribution in [3.05, 3.63) is 53.6 Å². The van der Waals surface area contributed by atoms with Crippen LogP contribution in [0.3, 0.4) is 0 Å². The summed E-state index contributed by atoms with van der Waals surface area (Å²) in [6.07, 6.45) is 3.86. The van der Waals surface area contributed by atoms with Crippen LogP contribution in [0.4, 0.5) is 0 Å². The van der Waals surface area contributed by atoms with Crippen LogP contribution in [0.1, 0.15) is 43.7 Å². The van der Waals surface area contributed by atoms with Gasteiger partial charge in [-0.15, -0.1) is 0 Å². The molecule has 0 N–H and O–H groups in total. The van der Waals surface area contributed by atoms with Crippen molar-refractivity contribution in [2.75, 3.05) is 26.4 Å². The lowest BCUT2D eigenvalue weighted by Crippen LogP contribution is -2.35. The van der Waals surface area contributed by atoms with Gasteiger partial charge >= 0.3 is 0 Å². The molecule has 0 radical (unpaired) electrons. The smallest absolute Gasteiger partial charge is 0.243 e. The fraction of sp³-hybridized carbons (Fsp3) is 0.458. The van der Waals surface area contributed by atoms with E-state index in [1.165, 1.54) is 0 Å². The number of nitrogens with zero attached hydrogens (tertiary/aromatic N) is 2. The minimum atomic E-state index is -3.43. The summed E-state index contributed by atoms with van der Waals surface area (Å²) in [5.74, 6) is 1.51. The van der Waals surface area contributed by atoms with Gasteiger partial charge in [0.1, 0.15) is 0 Å². The molecule has 2 heterocycles. The van der Waals surface area contributed by atoms with E-state index in [9.17, 15) is 13.2 Å². The zero-order valence-corrected chi connectivity index (χ0v) is 19.3. The number of ether oxygens (including phenoxy) is 2. The van der Waals surface area contributed by atoms with E-state index in [4.69, 9.17) is 9.47 Å². The van der Waals surface area contributed by atoms with Crippen molar-refractivity contribution in [2.24, 2.45) is 0 Å². The van der Waals surface area contributed by atoms with Gasteiger partial charge in [-0.1, -0.05) is 24.6 Å². The number of carbonyl (C=O) groups excluding carboxylic acids is 1. The zero-order chi connectivity index (χ0) is 22.6. The van der Waals surface area contributed by atoms with Crippen LogP contribution in [-0.4, -0.2) is 50.0 Å². The van der Waals surface area contributed by atoms with Crippen LogP contribution in [0, 0.1) is 0 Å². The van der Waals surface area contributed by atoms with Crippen molar-refractivity contribution in [3.8, 4) is 11.5 Å². The Morgan fingerprint density at radius 3 is 2.38 bits per heavy atom. The summed E-state index contributed by atoms with van der Waals surface area (Å²) in [6.45, 7) is 4.50. The van der Waals surface area contributed by atoms with Crippen LogP contribution in [0.2, 0.25) is 0 Å². The number of hydrogen-bond acceptors (Lipinski definition) is 5. The largest absolute Gasteiger partial charge is 0.454 e. The van der Waals surface area contributed by atoms with Crippen molar-refractivity contribution >= 4 is 15.9 Å². The first-order valence-electron chi connectivity index (χ1n) is 11.2. The number of sulfonamides is 1. The van der Waals surface area contributed by atoms with Gasteiger partial charge in [0.05, 0.1) is 4.90 Å². The number of hydrogen-bond donors (Lipinski definition) is 0. The first kappa shape index (κ1) is 22.6. The number of amides is 1. The van der Waals surface area contributed by atoms with Crippen LogP contribution in [0.25, 0.3) is 0 Å². The molecule has 0 spiro atoms. The SMILES string of the molecule is CCN(Cc1ccc2c(c1)OCO2)C(=O)CCc1ccc(S(=O)(=O)N2CCCCC2)cc1. The molecule has 8 heteroatoms. The standard InChI is InChI=1S/C24H30N2O5S/c1-2-25(17-20-8-12-22-23(16-20)31-18-30-22)24(27)13-9-19-6-10-21(11-7-19)32(28,29)26-14-4-3-5-15-26/h6-8,10-12,16H,2-5,9,13-15,17-18H2,1H3. The minimum Gasteiger partial charge on any atom is -0.454 e. The van der Waals surface area contributed by atoms with Crippen molar-refractivity contribution in [1.82, 2.24) is 9.21 Å². The maximum Gasteiger partial charge on any atom is 0.243 e. The molecular formula is C24H30N2O5S. The topological polar surface area (TPSA) is 76.1 Å². The van der Waals surface area contributed by atoms with Crippen molar-refractivity contribution < 1.29 is 22.7 Å². The molecule has 2 aliphatic heterocycles. The Labute approximate surface area is 190 Å². The Balaban J connectivity index is 1.33. The molecule has 0 unspecified atom stereocenters. The molecule has 1 amide bonds. The van der Waals surface area contributed by atoms with Gasteiger partial charge in [0, 0.05) is 32.6 Å². The van der Waals surface area contributed by atoms with Gasteiger partial charge in [0.2, 0.25) is 22.7 Å². The molecule has 1 saturated heterocycles. The number of piperidine rings is 1. The number of carbonyl (C=O) groups is 1. The van der Waals surface area contributed by atoms with Gasteiger partial charge in [-0.3, -0.25) is 4.79 Å². The Hall–Kier alpha value is -2.58. The second-order valence-corrected chi connectivity index (χ2v) is 10.1. The maximum atomic E-state index is 12.8. The molecule has 0 atom stereocenters. The van der Waals surface area contributed by atoms with Gasteiger partial charge < -0.3 is 14.4 Å². The number of fused-ring (bicyclic) bond motifs is 1. The third-order valence-corrected chi connectivity index (χ3v) is 7.96. The van der Waals surface area contributed by atoms with E-state index in [0.717, 1.165) is 36.1 Å². The van der Waals surface area contributed by atoms with Gasteiger partial charge in [0.25, 0.3) is 0 Å². The number of benzene rings is 2. The third-order valence-electron chi connectivity index (χ3n) is 6.05. The molecule has 2 aromatic carbocycles. The quantitative estimate of drug-likeness (QED) is 0.605. The van der Waals surface area contributed by atoms with Crippen molar-refractivity contribution in [1.29, 1.82) is 0 Å². The van der Waals surface area contributed by atoms with E-state index in [2.05, 4.69) is 0 Å². The second kappa shape index (κ2) is 9.92. The molecule has 7 nitrogen and oxygen atoms in total. The Morgan fingerprint density at radius 1 is 0.969 bits per heavy atom. The normalized spacial score (nSPS) is 16.2. The fourth-order valence-corrected chi connectivity index (χ4v) is 5.64. The molecular weight excluding hydrogens is 428 g/mol. The Morgan fingerprint density at radius 2 is 1.66 bits per heavy atom. The molecule has 0 aliphatic carbocycles. The van der Waals surface area contributed by atoms with Crippen LogP contribution in [0.5, 0.6) is 11.5 Å². The third kappa shape index (κ3) is 5.07. The van der Waals surface area contributed by atoms with E-state index in [0.29, 0.717) is 49.7 Å². The summed E-state index contributed by atoms with van der Waals surface area (Å²) in [7, 11) is -3.43. The van der Waals surface area contributed by atoms with Gasteiger partial charge in [0.15, 0.2) is 11.5 Å². The predicted molar refractivity (Wildman–Crippen MR) is 121 cm³/mol. The maximum absolute atomic E-state index is 12.8. The monoisotopic (exact) mass is 458 g/mol. The first-order valence-corrected chi connectivity index (χ1v) is 12.7. The van der Waals surface area contributed by atoms with E-state index >= 15 is 0 Å². The average molecular weight is 459 g/mol. The summed E-state index contributed by atoms with van der Waals surface area (Å²) < 4.78 is 37.9. The minimum absolute atomic E-state index is 0.0650. The number of rotatable bonds is 8. The molecule has 0 aromatic heterocycles. The number of aryl methyl sites for hydroxylation is 1. The molecule has 0 bridgehead atoms. The Kier molecular flexibility index (Phi) is 7.01. The van der Waals surface area contributed by atoms with Gasteiger partial charge in [-0.2, -0.15) is 4.31 Å². The van der Waals surface area contributed by atoms with Crippen LogP contribution >= 0.6 is 0 Å². The Bertz CT molecular complexity index is 1050. The summed E-state index contributed by atoms with van der Waals surface area (Å²) >= 11 is 0. The lowest BCUT2D eigenvalue weighted by Gasteiger charge is -2.25. The molecule has 172 valence electrons. The highest BCUT2D eigenvalue weighted by molar-refractivity contribution is 7.89. The average Bonchev–Trinajstić information content (AvgIpc) is 3.30. The van der Waals surface area contributed by atoms with E-state index in [1.807, 2.05) is 42.2 Å². The molecule has 2 aromatic rings. The molecule has 1 fully saturated rings. The highest BCUT2D eigenvalue weighted by Crippen LogP contribution is 2.32. The lowest BCUT2D eigenvalue weighted by atomic mass is 10.1. The molecule has 32 heavy (non-hydrogen) atoms. The summed E-state index contributed by atoms with van der Waals surface area (Å²) in [6, 6.07) is 12.7. The van der Waals surface area contributed by atoms with E-state index in [1.54, 1.807) is 16.4 Å². The van der Waals surface area contributed by atoms with Gasteiger partial charge in [-0.25, -0.2) is 8.42 Å². The molecule has 0 saturated carbocycles. The lowest BCUT2D eigenvalue weighted by molar-refractivity contribution is -0.131. The van der Waals surface area contributed by atoms with Crippen molar-refractivity contribution in [3.63, 3.8) is 0 Å². The zero-order valence-electron chi connectivity index (χ0n) is 18.5.